The molecule has 1 aromatic heterocycles. The largest absolute Gasteiger partial charge is 0.380 e. The van der Waals surface area contributed by atoms with E-state index >= 15 is 0 Å². The third kappa shape index (κ3) is 3.89. The van der Waals surface area contributed by atoms with Crippen LogP contribution in [-0.2, 0) is 0 Å². The minimum atomic E-state index is 0. The quantitative estimate of drug-likeness (QED) is 0.845. The van der Waals surface area contributed by atoms with Gasteiger partial charge in [-0.15, -0.1) is 24.8 Å². The van der Waals surface area contributed by atoms with Gasteiger partial charge in [0, 0.05) is 12.1 Å². The Morgan fingerprint density at radius 2 is 2.11 bits per heavy atom. The van der Waals surface area contributed by atoms with Crippen molar-refractivity contribution in [1.82, 2.24) is 5.27 Å². The van der Waals surface area contributed by atoms with Crippen molar-refractivity contribution < 1.29 is 9.31 Å². The molecule has 112 valence electrons. The molecule has 0 radical (unpaired) electrons. The van der Waals surface area contributed by atoms with E-state index in [0.717, 1.165) is 24.8 Å². The lowest BCUT2D eigenvalue weighted by molar-refractivity contribution is -0.772. The first-order valence-electron chi connectivity index (χ1n) is 6.28. The Kier molecular flexibility index (Phi) is 6.42. The summed E-state index contributed by atoms with van der Waals surface area (Å²) in [6.45, 7) is 10.0. The number of hydrogen-bond donors (Lipinski definition) is 1. The lowest BCUT2D eigenvalue weighted by atomic mass is 9.78. The summed E-state index contributed by atoms with van der Waals surface area (Å²) < 4.78 is 4.82. The van der Waals surface area contributed by atoms with Crippen LogP contribution in [0.25, 0.3) is 0 Å². The summed E-state index contributed by atoms with van der Waals surface area (Å²) in [6, 6.07) is 0. The molecule has 0 aliphatic carbocycles. The SMILES string of the molecule is CC(C)C1CCN([n+]2cc(=N)o[n-]2)C(C)(C)C1.Cl.Cl. The summed E-state index contributed by atoms with van der Waals surface area (Å²) in [7, 11) is 0. The second kappa shape index (κ2) is 6.66. The van der Waals surface area contributed by atoms with Crippen molar-refractivity contribution in [1.29, 1.82) is 5.41 Å². The number of rotatable bonds is 2. The molecule has 1 N–H and O–H groups in total. The summed E-state index contributed by atoms with van der Waals surface area (Å²) in [5.74, 6) is 1.50. The van der Waals surface area contributed by atoms with E-state index in [1.807, 2.05) is 0 Å². The minimum Gasteiger partial charge on any atom is -0.380 e. The van der Waals surface area contributed by atoms with Crippen molar-refractivity contribution in [2.75, 3.05) is 11.6 Å². The summed E-state index contributed by atoms with van der Waals surface area (Å²) in [5.41, 5.74) is 0.160. The molecule has 1 saturated heterocycles. The highest BCUT2D eigenvalue weighted by atomic mass is 35.5. The fraction of sp³-hybridized carbons (Fsp3) is 0.833. The van der Waals surface area contributed by atoms with Crippen molar-refractivity contribution in [3.8, 4) is 0 Å². The first kappa shape index (κ1) is 18.3. The van der Waals surface area contributed by atoms with Crippen molar-refractivity contribution >= 4 is 24.8 Å². The Labute approximate surface area is 126 Å². The molecule has 0 aromatic carbocycles. The maximum Gasteiger partial charge on any atom is 0.286 e. The van der Waals surface area contributed by atoms with E-state index in [4.69, 9.17) is 9.93 Å². The Hall–Kier alpha value is -0.680. The molecule has 1 aliphatic heterocycles. The monoisotopic (exact) mass is 310 g/mol. The van der Waals surface area contributed by atoms with E-state index in [2.05, 4.69) is 38.0 Å². The molecule has 19 heavy (non-hydrogen) atoms. The average Bonchev–Trinajstić information content (AvgIpc) is 2.62. The number of piperidine rings is 1. The van der Waals surface area contributed by atoms with E-state index in [9.17, 15) is 0 Å². The highest BCUT2D eigenvalue weighted by molar-refractivity contribution is 5.85. The Bertz CT molecular complexity index is 441. The third-order valence-corrected chi connectivity index (χ3v) is 3.82. The second-order valence-electron chi connectivity index (χ2n) is 5.92. The van der Waals surface area contributed by atoms with Gasteiger partial charge in [-0.3, -0.25) is 10.4 Å². The van der Waals surface area contributed by atoms with E-state index in [0.29, 0.717) is 0 Å². The van der Waals surface area contributed by atoms with Crippen LogP contribution in [-0.4, -0.2) is 12.1 Å². The molecule has 1 fully saturated rings. The van der Waals surface area contributed by atoms with Crippen LogP contribution in [0.15, 0.2) is 10.7 Å². The van der Waals surface area contributed by atoms with Crippen LogP contribution in [0.1, 0.15) is 40.5 Å². The Balaban J connectivity index is 0.00000162. The first-order chi connectivity index (χ1) is 7.90. The van der Waals surface area contributed by atoms with E-state index in [1.54, 1.807) is 11.0 Å². The van der Waals surface area contributed by atoms with Crippen LogP contribution >= 0.6 is 24.8 Å². The van der Waals surface area contributed by atoms with E-state index in [-0.39, 0.29) is 35.9 Å². The molecule has 2 heterocycles. The smallest absolute Gasteiger partial charge is 0.286 e. The van der Waals surface area contributed by atoms with Gasteiger partial charge in [0.25, 0.3) is 11.8 Å². The lowest BCUT2D eigenvalue weighted by Crippen LogP contribution is -2.71. The standard InChI is InChI=1S/C12H22N4O.2ClH/c1-9(2)10-5-6-15(12(3,4)7-10)16-8-11(13)17-14-16;;/h8-10,13H,5-7H2,1-4H3;2*1H. The topological polar surface area (TPSA) is 58.2 Å². The highest BCUT2D eigenvalue weighted by Gasteiger charge is 2.36. The molecule has 5 nitrogen and oxygen atoms in total. The number of halogens is 2. The molecule has 0 amide bonds. The predicted octanol–water partition coefficient (Wildman–Crippen LogP) is 1.63. The zero-order valence-corrected chi connectivity index (χ0v) is 13.6. The van der Waals surface area contributed by atoms with Crippen molar-refractivity contribution in [2.24, 2.45) is 11.8 Å². The van der Waals surface area contributed by atoms with Crippen molar-refractivity contribution in [3.05, 3.63) is 11.8 Å². The maximum atomic E-state index is 7.40. The molecule has 0 spiro atoms. The lowest BCUT2D eigenvalue weighted by Gasteiger charge is -2.47. The predicted molar refractivity (Wildman–Crippen MR) is 77.3 cm³/mol. The van der Waals surface area contributed by atoms with Gasteiger partial charge in [0.15, 0.2) is 0 Å². The van der Waals surface area contributed by atoms with E-state index in [1.165, 1.54) is 6.42 Å². The van der Waals surface area contributed by atoms with Gasteiger partial charge in [0.1, 0.15) is 0 Å². The summed E-state index contributed by atoms with van der Waals surface area (Å²) in [6.07, 6.45) is 3.95. The molecular formula is C12H24Cl2N4O. The van der Waals surface area contributed by atoms with Gasteiger partial charge >= 0.3 is 0 Å². The zero-order chi connectivity index (χ0) is 12.6. The average molecular weight is 311 g/mol. The first-order valence-corrected chi connectivity index (χ1v) is 6.28. The fourth-order valence-corrected chi connectivity index (χ4v) is 2.74. The molecule has 1 unspecified atom stereocenters. The zero-order valence-electron chi connectivity index (χ0n) is 11.9. The molecule has 1 aliphatic rings. The van der Waals surface area contributed by atoms with E-state index < -0.39 is 0 Å². The molecule has 1 aromatic rings. The van der Waals surface area contributed by atoms with Crippen LogP contribution in [0.4, 0.5) is 0 Å². The molecule has 1 atom stereocenters. The van der Waals surface area contributed by atoms with Crippen LogP contribution in [0, 0.1) is 17.2 Å². The van der Waals surface area contributed by atoms with Gasteiger partial charge in [0.05, 0.1) is 0 Å². The number of aromatic nitrogens is 2. The van der Waals surface area contributed by atoms with Crippen LogP contribution in [0.3, 0.4) is 0 Å². The minimum absolute atomic E-state index is 0. The molecule has 2 rings (SSSR count). The Morgan fingerprint density at radius 3 is 2.53 bits per heavy atom. The molecule has 0 saturated carbocycles. The van der Waals surface area contributed by atoms with Crippen LogP contribution in [0.2, 0.25) is 0 Å². The fourth-order valence-electron chi connectivity index (χ4n) is 2.74. The van der Waals surface area contributed by atoms with Gasteiger partial charge in [-0.25, -0.2) is 0 Å². The Morgan fingerprint density at radius 1 is 1.47 bits per heavy atom. The second-order valence-corrected chi connectivity index (χ2v) is 5.92. The van der Waals surface area contributed by atoms with Gasteiger partial charge in [-0.05, 0) is 29.9 Å². The highest BCUT2D eigenvalue weighted by Crippen LogP contribution is 2.32. The number of nitrogens with one attached hydrogen (secondary N) is 1. The maximum absolute atomic E-state index is 7.40. The van der Waals surface area contributed by atoms with Crippen LogP contribution in [0.5, 0.6) is 0 Å². The van der Waals surface area contributed by atoms with Crippen molar-refractivity contribution in [2.45, 2.75) is 46.1 Å². The van der Waals surface area contributed by atoms with Gasteiger partial charge in [-0.2, -0.15) is 0 Å². The molecular weight excluding hydrogens is 287 g/mol. The van der Waals surface area contributed by atoms with Gasteiger partial charge < -0.3 is 4.52 Å². The molecule has 0 bridgehead atoms. The van der Waals surface area contributed by atoms with Gasteiger partial charge in [0.2, 0.25) is 0 Å². The van der Waals surface area contributed by atoms with Gasteiger partial charge in [-0.1, -0.05) is 32.5 Å². The number of hydrogen-bond acceptors (Lipinski definition) is 3. The van der Waals surface area contributed by atoms with Crippen molar-refractivity contribution in [3.63, 3.8) is 0 Å². The van der Waals surface area contributed by atoms with Crippen LogP contribution < -0.4 is 20.6 Å². The summed E-state index contributed by atoms with van der Waals surface area (Å²) in [4.78, 5) is 1.68. The summed E-state index contributed by atoms with van der Waals surface area (Å²) in [5, 5.41) is 13.5. The molecule has 7 heteroatoms. The third-order valence-electron chi connectivity index (χ3n) is 3.82. The summed E-state index contributed by atoms with van der Waals surface area (Å²) >= 11 is 0. The normalized spacial score (nSPS) is 21.7. The number of nitrogens with zero attached hydrogens (tertiary/aromatic N) is 3.